The van der Waals surface area contributed by atoms with Crippen molar-refractivity contribution in [3.05, 3.63) is 0 Å². The number of aliphatic hydroxyl groups excluding tert-OH is 3. The molecule has 4 aliphatic rings. The van der Waals surface area contributed by atoms with Crippen molar-refractivity contribution < 1.29 is 20.4 Å². The van der Waals surface area contributed by atoms with Crippen LogP contribution in [0.5, 0.6) is 0 Å². The van der Waals surface area contributed by atoms with E-state index in [4.69, 9.17) is 0 Å². The van der Waals surface area contributed by atoms with Crippen LogP contribution in [0.3, 0.4) is 0 Å². The maximum absolute atomic E-state index is 11.6. The highest BCUT2D eigenvalue weighted by molar-refractivity contribution is 5.14. The molecule has 31 heavy (non-hydrogen) atoms. The summed E-state index contributed by atoms with van der Waals surface area (Å²) in [6, 6.07) is 0. The monoisotopic (exact) mass is 436 g/mol. The van der Waals surface area contributed by atoms with Gasteiger partial charge in [0, 0.05) is 0 Å². The van der Waals surface area contributed by atoms with E-state index in [2.05, 4.69) is 20.8 Å². The summed E-state index contributed by atoms with van der Waals surface area (Å²) in [7, 11) is 0. The van der Waals surface area contributed by atoms with E-state index in [9.17, 15) is 20.4 Å². The molecule has 0 aliphatic heterocycles. The highest BCUT2D eigenvalue weighted by Crippen LogP contribution is 2.68. The van der Waals surface area contributed by atoms with E-state index in [-0.39, 0.29) is 29.1 Å². The van der Waals surface area contributed by atoms with Gasteiger partial charge in [-0.05, 0) is 112 Å². The Kier molecular flexibility index (Phi) is 6.38. The summed E-state index contributed by atoms with van der Waals surface area (Å²) in [5, 5.41) is 43.3. The predicted molar refractivity (Wildman–Crippen MR) is 123 cm³/mol. The molecular formula is C27H48O4. The Bertz CT molecular complexity index is 644. The van der Waals surface area contributed by atoms with Gasteiger partial charge in [-0.1, -0.05) is 33.6 Å². The Morgan fingerprint density at radius 3 is 2.35 bits per heavy atom. The molecule has 4 fully saturated rings. The molecule has 180 valence electrons. The van der Waals surface area contributed by atoms with Crippen molar-refractivity contribution in [1.29, 1.82) is 0 Å². The zero-order valence-electron chi connectivity index (χ0n) is 20.6. The predicted octanol–water partition coefficient (Wildman–Crippen LogP) is 4.53. The van der Waals surface area contributed by atoms with Gasteiger partial charge in [0.15, 0.2) is 0 Å². The maximum atomic E-state index is 11.6. The van der Waals surface area contributed by atoms with Crippen LogP contribution in [0, 0.1) is 46.3 Å². The molecule has 0 unspecified atom stereocenters. The fourth-order valence-corrected chi connectivity index (χ4v) is 9.19. The topological polar surface area (TPSA) is 80.9 Å². The number of rotatable bonds is 5. The zero-order valence-corrected chi connectivity index (χ0v) is 20.6. The molecule has 11 atom stereocenters. The van der Waals surface area contributed by atoms with Crippen LogP contribution in [0.4, 0.5) is 0 Å². The van der Waals surface area contributed by atoms with Crippen LogP contribution >= 0.6 is 0 Å². The molecule has 0 radical (unpaired) electrons. The Balaban J connectivity index is 1.54. The van der Waals surface area contributed by atoms with E-state index in [0.29, 0.717) is 35.5 Å². The molecule has 4 saturated carbocycles. The molecule has 4 rings (SSSR count). The summed E-state index contributed by atoms with van der Waals surface area (Å²) in [5.74, 6) is 2.44. The number of aliphatic hydroxyl groups is 4. The molecule has 0 amide bonds. The Labute approximate surface area is 189 Å². The minimum Gasteiger partial charge on any atom is -0.393 e. The summed E-state index contributed by atoms with van der Waals surface area (Å²) in [6.45, 7) is 10.8. The SMILES string of the molecule is C[C@H](CCCC(C)(C)O)[C@H]1CC[C@H]2[C@@H]3[C@H](O)C[C@@H]4C[C@H](O)CC[C@]4(C)[C@H]3C[C@H](O)[C@]12C. The lowest BCUT2D eigenvalue weighted by Crippen LogP contribution is -2.62. The van der Waals surface area contributed by atoms with Gasteiger partial charge < -0.3 is 20.4 Å². The van der Waals surface area contributed by atoms with Crippen LogP contribution < -0.4 is 0 Å². The fraction of sp³-hybridized carbons (Fsp3) is 1.00. The van der Waals surface area contributed by atoms with Gasteiger partial charge in [-0.25, -0.2) is 0 Å². The first-order chi connectivity index (χ1) is 14.4. The second-order valence-corrected chi connectivity index (χ2v) is 13.2. The van der Waals surface area contributed by atoms with E-state index in [1.165, 1.54) is 0 Å². The van der Waals surface area contributed by atoms with Crippen LogP contribution in [-0.2, 0) is 0 Å². The van der Waals surface area contributed by atoms with Gasteiger partial charge in [0.2, 0.25) is 0 Å². The second-order valence-electron chi connectivity index (χ2n) is 13.2. The third kappa shape index (κ3) is 4.02. The number of fused-ring (bicyclic) bond motifs is 5. The van der Waals surface area contributed by atoms with E-state index < -0.39 is 5.60 Å². The minimum atomic E-state index is -0.606. The molecule has 4 heteroatoms. The van der Waals surface area contributed by atoms with Crippen molar-refractivity contribution in [1.82, 2.24) is 0 Å². The minimum absolute atomic E-state index is 0.117. The van der Waals surface area contributed by atoms with Crippen molar-refractivity contribution in [2.75, 3.05) is 0 Å². The number of hydrogen-bond acceptors (Lipinski definition) is 4. The van der Waals surface area contributed by atoms with Gasteiger partial charge in [-0.3, -0.25) is 0 Å². The van der Waals surface area contributed by atoms with Crippen molar-refractivity contribution in [3.63, 3.8) is 0 Å². The van der Waals surface area contributed by atoms with Gasteiger partial charge in [0.05, 0.1) is 23.9 Å². The molecule has 0 bridgehead atoms. The lowest BCUT2D eigenvalue weighted by atomic mass is 9.43. The van der Waals surface area contributed by atoms with Gasteiger partial charge in [0.25, 0.3) is 0 Å². The molecule has 0 spiro atoms. The van der Waals surface area contributed by atoms with Crippen LogP contribution in [-0.4, -0.2) is 44.3 Å². The average molecular weight is 437 g/mol. The highest BCUT2D eigenvalue weighted by Gasteiger charge is 2.65. The molecule has 0 aromatic rings. The fourth-order valence-electron chi connectivity index (χ4n) is 9.19. The quantitative estimate of drug-likeness (QED) is 0.511. The summed E-state index contributed by atoms with van der Waals surface area (Å²) < 4.78 is 0. The first-order valence-electron chi connectivity index (χ1n) is 13.1. The lowest BCUT2D eigenvalue weighted by molar-refractivity contribution is -0.207. The largest absolute Gasteiger partial charge is 0.393 e. The van der Waals surface area contributed by atoms with Crippen molar-refractivity contribution >= 4 is 0 Å². The van der Waals surface area contributed by atoms with Crippen molar-refractivity contribution in [2.45, 2.75) is 123 Å². The summed E-state index contributed by atoms with van der Waals surface area (Å²) in [4.78, 5) is 0. The summed E-state index contributed by atoms with van der Waals surface area (Å²) in [6.07, 6.45) is 8.73. The molecule has 4 N–H and O–H groups in total. The van der Waals surface area contributed by atoms with E-state index in [0.717, 1.165) is 64.2 Å². The molecule has 4 aliphatic carbocycles. The molecule has 0 saturated heterocycles. The standard InChI is InChI=1S/C27H48O4/c1-16(7-6-11-25(2,3)31)19-8-9-20-24-21(15-23(30)27(19,20)5)26(4)12-10-18(28)13-17(26)14-22(24)29/h16-24,28-31H,6-15H2,1-5H3/t16-,17+,18-,19-,20+,21+,22-,23+,24+,26+,27-/m1/s1. The van der Waals surface area contributed by atoms with Gasteiger partial charge in [-0.2, -0.15) is 0 Å². The molecule has 0 heterocycles. The van der Waals surface area contributed by atoms with E-state index in [1.54, 1.807) is 0 Å². The van der Waals surface area contributed by atoms with Crippen LogP contribution in [0.25, 0.3) is 0 Å². The Morgan fingerprint density at radius 2 is 1.68 bits per heavy atom. The maximum Gasteiger partial charge on any atom is 0.0602 e. The third-order valence-electron chi connectivity index (χ3n) is 11.0. The first kappa shape index (κ1) is 24.0. The Hall–Kier alpha value is -0.160. The first-order valence-corrected chi connectivity index (χ1v) is 13.1. The van der Waals surface area contributed by atoms with Crippen molar-refractivity contribution in [2.24, 2.45) is 46.3 Å². The smallest absolute Gasteiger partial charge is 0.0602 e. The lowest BCUT2D eigenvalue weighted by Gasteiger charge is -2.63. The van der Waals surface area contributed by atoms with Crippen LogP contribution in [0.1, 0.15) is 98.8 Å². The Morgan fingerprint density at radius 1 is 0.968 bits per heavy atom. The van der Waals surface area contributed by atoms with Crippen LogP contribution in [0.2, 0.25) is 0 Å². The number of hydrogen-bond donors (Lipinski definition) is 4. The highest BCUT2D eigenvalue weighted by atomic mass is 16.3. The third-order valence-corrected chi connectivity index (χ3v) is 11.0. The summed E-state index contributed by atoms with van der Waals surface area (Å²) in [5.41, 5.74) is -0.583. The van der Waals surface area contributed by atoms with Crippen molar-refractivity contribution in [3.8, 4) is 0 Å². The summed E-state index contributed by atoms with van der Waals surface area (Å²) >= 11 is 0. The zero-order chi connectivity index (χ0) is 22.8. The molecular weight excluding hydrogens is 388 g/mol. The molecule has 4 nitrogen and oxygen atoms in total. The van der Waals surface area contributed by atoms with Gasteiger partial charge in [-0.15, -0.1) is 0 Å². The van der Waals surface area contributed by atoms with Gasteiger partial charge >= 0.3 is 0 Å². The van der Waals surface area contributed by atoms with E-state index >= 15 is 0 Å². The van der Waals surface area contributed by atoms with Crippen LogP contribution in [0.15, 0.2) is 0 Å². The normalized spacial score (nSPS) is 51.0. The second kappa shape index (κ2) is 8.25. The van der Waals surface area contributed by atoms with Gasteiger partial charge in [0.1, 0.15) is 0 Å². The molecule has 0 aromatic carbocycles. The van der Waals surface area contributed by atoms with E-state index in [1.807, 2.05) is 13.8 Å². The molecule has 0 aromatic heterocycles. The average Bonchev–Trinajstić information content (AvgIpc) is 3.01.